The lowest BCUT2D eigenvalue weighted by Crippen LogP contribution is -2.13. The lowest BCUT2D eigenvalue weighted by atomic mass is 9.87. The van der Waals surface area contributed by atoms with Gasteiger partial charge in [-0.15, -0.1) is 10.2 Å². The normalized spacial score (nSPS) is 11.3. The molecule has 0 saturated heterocycles. The predicted octanol–water partition coefficient (Wildman–Crippen LogP) is 4.40. The van der Waals surface area contributed by atoms with Crippen LogP contribution in [-0.2, 0) is 10.2 Å². The molecule has 0 saturated carbocycles. The van der Waals surface area contributed by atoms with Crippen LogP contribution in [0.5, 0.6) is 5.75 Å². The second-order valence-electron chi connectivity index (χ2n) is 6.14. The summed E-state index contributed by atoms with van der Waals surface area (Å²) in [4.78, 5) is 11.7. The molecule has 7 heteroatoms. The maximum Gasteiger partial charge on any atom is 0.226 e. The number of nitrogens with one attached hydrogen (secondary N) is 1. The number of anilines is 1. The van der Waals surface area contributed by atoms with E-state index in [9.17, 15) is 4.79 Å². The fourth-order valence-electron chi connectivity index (χ4n) is 1.91. The Bertz CT molecular complexity index is 654. The zero-order valence-corrected chi connectivity index (χ0v) is 15.8. The Morgan fingerprint density at radius 1 is 1.39 bits per heavy atom. The molecule has 1 amide bonds. The number of rotatable bonds is 6. The van der Waals surface area contributed by atoms with Gasteiger partial charge >= 0.3 is 0 Å². The maximum atomic E-state index is 11.7. The van der Waals surface area contributed by atoms with Crippen molar-refractivity contribution in [2.75, 3.05) is 11.9 Å². The van der Waals surface area contributed by atoms with E-state index in [1.807, 2.05) is 6.07 Å². The Hall–Kier alpha value is -1.47. The van der Waals surface area contributed by atoms with E-state index >= 15 is 0 Å². The first-order chi connectivity index (χ1) is 10.9. The molecule has 0 aliphatic heterocycles. The summed E-state index contributed by atoms with van der Waals surface area (Å²) in [5.74, 6) is 0.718. The minimum absolute atomic E-state index is 0.0764. The number of aromatic nitrogens is 2. The molecule has 0 unspecified atom stereocenters. The molecule has 23 heavy (non-hydrogen) atoms. The molecule has 1 heterocycles. The number of carbonyl (C=O) groups is 1. The zero-order valence-electron chi connectivity index (χ0n) is 13.4. The molecule has 0 radical (unpaired) electrons. The van der Waals surface area contributed by atoms with Gasteiger partial charge < -0.3 is 10.1 Å². The van der Waals surface area contributed by atoms with Gasteiger partial charge in [0.05, 0.1) is 11.1 Å². The van der Waals surface area contributed by atoms with E-state index < -0.39 is 0 Å². The van der Waals surface area contributed by atoms with Crippen LogP contribution in [0.3, 0.4) is 0 Å². The van der Waals surface area contributed by atoms with E-state index in [2.05, 4.69) is 64.3 Å². The number of ether oxygens (including phenoxy) is 1. The van der Waals surface area contributed by atoms with Crippen LogP contribution in [0, 0.1) is 0 Å². The third-order valence-corrected chi connectivity index (χ3v) is 4.44. The van der Waals surface area contributed by atoms with Gasteiger partial charge in [0.25, 0.3) is 0 Å². The van der Waals surface area contributed by atoms with Crippen LogP contribution >= 0.6 is 27.3 Å². The first-order valence-corrected chi connectivity index (χ1v) is 9.02. The van der Waals surface area contributed by atoms with Crippen LogP contribution in [-0.4, -0.2) is 22.7 Å². The van der Waals surface area contributed by atoms with E-state index in [-0.39, 0.29) is 11.3 Å². The standard InChI is InChI=1S/C16H20BrN3O2S/c1-16(2,3)11-6-7-13(12(17)9-11)22-8-4-5-14(21)19-15-20-18-10-23-15/h6-7,9-10H,4-5,8H2,1-3H3,(H,19,20,21). The number of amides is 1. The van der Waals surface area contributed by atoms with Crippen LogP contribution in [0.15, 0.2) is 28.2 Å². The minimum Gasteiger partial charge on any atom is -0.492 e. The SMILES string of the molecule is CC(C)(C)c1ccc(OCCCC(=O)Nc2nncs2)c(Br)c1. The number of hydrogen-bond donors (Lipinski definition) is 1. The summed E-state index contributed by atoms with van der Waals surface area (Å²) in [7, 11) is 0. The number of hydrogen-bond acceptors (Lipinski definition) is 5. The van der Waals surface area contributed by atoms with Crippen molar-refractivity contribution in [1.82, 2.24) is 10.2 Å². The molecule has 1 N–H and O–H groups in total. The second-order valence-corrected chi connectivity index (χ2v) is 7.83. The van der Waals surface area contributed by atoms with Crippen LogP contribution in [0.25, 0.3) is 0 Å². The van der Waals surface area contributed by atoms with Gasteiger partial charge in [0, 0.05) is 6.42 Å². The molecule has 2 aromatic rings. The van der Waals surface area contributed by atoms with E-state index in [0.29, 0.717) is 24.6 Å². The third-order valence-electron chi connectivity index (χ3n) is 3.21. The van der Waals surface area contributed by atoms with Crippen molar-refractivity contribution in [3.8, 4) is 5.75 Å². The predicted molar refractivity (Wildman–Crippen MR) is 96.1 cm³/mol. The first-order valence-electron chi connectivity index (χ1n) is 7.35. The highest BCUT2D eigenvalue weighted by Crippen LogP contribution is 2.31. The molecule has 2 rings (SSSR count). The lowest BCUT2D eigenvalue weighted by Gasteiger charge is -2.20. The molecule has 0 bridgehead atoms. The van der Waals surface area contributed by atoms with Crippen LogP contribution in [0.4, 0.5) is 5.13 Å². The highest BCUT2D eigenvalue weighted by molar-refractivity contribution is 9.10. The topological polar surface area (TPSA) is 64.1 Å². The average molecular weight is 398 g/mol. The summed E-state index contributed by atoms with van der Waals surface area (Å²) in [6.07, 6.45) is 1.02. The smallest absolute Gasteiger partial charge is 0.226 e. The zero-order chi connectivity index (χ0) is 16.9. The molecule has 1 aromatic heterocycles. The summed E-state index contributed by atoms with van der Waals surface area (Å²) in [6.45, 7) is 7.00. The maximum absolute atomic E-state index is 11.7. The largest absolute Gasteiger partial charge is 0.492 e. The Morgan fingerprint density at radius 2 is 2.17 bits per heavy atom. The van der Waals surface area contributed by atoms with E-state index in [1.54, 1.807) is 5.51 Å². The number of benzene rings is 1. The molecule has 0 fully saturated rings. The Balaban J connectivity index is 1.77. The van der Waals surface area contributed by atoms with Gasteiger partial charge in [0.1, 0.15) is 11.3 Å². The van der Waals surface area contributed by atoms with Crippen molar-refractivity contribution in [1.29, 1.82) is 0 Å². The first kappa shape index (κ1) is 17.9. The molecule has 0 aliphatic rings. The van der Waals surface area contributed by atoms with Crippen LogP contribution in [0.2, 0.25) is 0 Å². The quantitative estimate of drug-likeness (QED) is 0.733. The highest BCUT2D eigenvalue weighted by Gasteiger charge is 2.15. The fourth-order valence-corrected chi connectivity index (χ4v) is 2.86. The molecule has 0 spiro atoms. The molecule has 0 atom stereocenters. The molecular formula is C16H20BrN3O2S. The van der Waals surface area contributed by atoms with Crippen molar-refractivity contribution in [3.05, 3.63) is 33.7 Å². The lowest BCUT2D eigenvalue weighted by molar-refractivity contribution is -0.116. The minimum atomic E-state index is -0.0764. The van der Waals surface area contributed by atoms with Gasteiger partial charge in [-0.05, 0) is 45.5 Å². The number of carbonyl (C=O) groups excluding carboxylic acids is 1. The van der Waals surface area contributed by atoms with Crippen molar-refractivity contribution >= 4 is 38.3 Å². The molecule has 1 aromatic carbocycles. The van der Waals surface area contributed by atoms with Gasteiger partial charge in [0.15, 0.2) is 0 Å². The highest BCUT2D eigenvalue weighted by atomic mass is 79.9. The third kappa shape index (κ3) is 5.58. The summed E-state index contributed by atoms with van der Waals surface area (Å²) in [5, 5.41) is 10.7. The number of nitrogens with zero attached hydrogens (tertiary/aromatic N) is 2. The monoisotopic (exact) mass is 397 g/mol. The van der Waals surface area contributed by atoms with Crippen molar-refractivity contribution in [2.24, 2.45) is 0 Å². The van der Waals surface area contributed by atoms with E-state index in [1.165, 1.54) is 16.9 Å². The number of halogens is 1. The van der Waals surface area contributed by atoms with Crippen molar-refractivity contribution in [3.63, 3.8) is 0 Å². The van der Waals surface area contributed by atoms with Crippen molar-refractivity contribution < 1.29 is 9.53 Å². The van der Waals surface area contributed by atoms with Gasteiger partial charge in [-0.1, -0.05) is 38.2 Å². The summed E-state index contributed by atoms with van der Waals surface area (Å²) in [6, 6.07) is 6.12. The van der Waals surface area contributed by atoms with E-state index in [4.69, 9.17) is 4.74 Å². The fraction of sp³-hybridized carbons (Fsp3) is 0.438. The Kier molecular flexibility index (Phi) is 6.12. The summed E-state index contributed by atoms with van der Waals surface area (Å²) >= 11 is 4.84. The molecule has 5 nitrogen and oxygen atoms in total. The summed E-state index contributed by atoms with van der Waals surface area (Å²) in [5.41, 5.74) is 2.93. The molecular weight excluding hydrogens is 378 g/mol. The van der Waals surface area contributed by atoms with Crippen LogP contribution in [0.1, 0.15) is 39.2 Å². The van der Waals surface area contributed by atoms with Crippen LogP contribution < -0.4 is 10.1 Å². The van der Waals surface area contributed by atoms with Gasteiger partial charge in [-0.2, -0.15) is 0 Å². The molecule has 124 valence electrons. The Labute approximate surface area is 148 Å². The summed E-state index contributed by atoms with van der Waals surface area (Å²) < 4.78 is 6.67. The van der Waals surface area contributed by atoms with Gasteiger partial charge in [-0.25, -0.2) is 0 Å². The van der Waals surface area contributed by atoms with Gasteiger partial charge in [0.2, 0.25) is 11.0 Å². The van der Waals surface area contributed by atoms with E-state index in [0.717, 1.165) is 10.2 Å². The van der Waals surface area contributed by atoms with Gasteiger partial charge in [-0.3, -0.25) is 4.79 Å². The molecule has 0 aliphatic carbocycles. The second kappa shape index (κ2) is 7.88. The Morgan fingerprint density at radius 3 is 2.78 bits per heavy atom. The average Bonchev–Trinajstić information content (AvgIpc) is 2.96. The van der Waals surface area contributed by atoms with Crippen molar-refractivity contribution in [2.45, 2.75) is 39.0 Å².